The molecule has 1 aliphatic rings. The number of unbranched alkanes of at least 4 members (excludes halogenated alkanes) is 2. The topological polar surface area (TPSA) is 48.9 Å². The number of ether oxygens (including phenoxy) is 1. The summed E-state index contributed by atoms with van der Waals surface area (Å²) in [6, 6.07) is 0. The summed E-state index contributed by atoms with van der Waals surface area (Å²) in [7, 11) is 1.84. The zero-order valence-corrected chi connectivity index (χ0v) is 15.6. The fraction of sp³-hybridized carbons (Fsp3) is 0.944. The predicted molar refractivity (Wildman–Crippen MR) is 99.2 cm³/mol. The Kier molecular flexibility index (Phi) is 12.0. The molecule has 0 atom stereocenters. The van der Waals surface area contributed by atoms with Gasteiger partial charge in [0.1, 0.15) is 0 Å². The van der Waals surface area contributed by atoms with Crippen molar-refractivity contribution in [1.82, 2.24) is 15.5 Å². The molecule has 136 valence electrons. The van der Waals surface area contributed by atoms with Crippen molar-refractivity contribution in [2.24, 2.45) is 10.9 Å². The second kappa shape index (κ2) is 13.6. The number of nitrogens with zero attached hydrogens (tertiary/aromatic N) is 2. The lowest BCUT2D eigenvalue weighted by atomic mass is 9.99. The van der Waals surface area contributed by atoms with Crippen molar-refractivity contribution in [2.75, 3.05) is 53.0 Å². The molecule has 0 aromatic carbocycles. The van der Waals surface area contributed by atoms with E-state index in [2.05, 4.69) is 27.4 Å². The van der Waals surface area contributed by atoms with Crippen molar-refractivity contribution in [3.8, 4) is 0 Å². The molecule has 0 unspecified atom stereocenters. The third-order valence-electron chi connectivity index (χ3n) is 4.51. The summed E-state index contributed by atoms with van der Waals surface area (Å²) in [5, 5.41) is 6.77. The molecule has 0 bridgehead atoms. The molecule has 0 aliphatic carbocycles. The molecule has 1 rings (SSSR count). The number of likely N-dealkylation sites (tertiary alicyclic amines) is 1. The Morgan fingerprint density at radius 2 is 1.74 bits per heavy atom. The van der Waals surface area contributed by atoms with Crippen molar-refractivity contribution in [3.63, 3.8) is 0 Å². The monoisotopic (exact) mass is 326 g/mol. The van der Waals surface area contributed by atoms with Crippen LogP contribution in [0.5, 0.6) is 0 Å². The molecule has 2 N–H and O–H groups in total. The van der Waals surface area contributed by atoms with Crippen molar-refractivity contribution < 1.29 is 4.74 Å². The van der Waals surface area contributed by atoms with Crippen LogP contribution in [0, 0.1) is 5.92 Å². The first-order valence-corrected chi connectivity index (χ1v) is 9.50. The highest BCUT2D eigenvalue weighted by Gasteiger charge is 2.14. The number of guanidine groups is 1. The predicted octanol–water partition coefficient (Wildman–Crippen LogP) is 2.48. The number of hydrogen-bond donors (Lipinski definition) is 2. The minimum Gasteiger partial charge on any atom is -0.382 e. The average Bonchev–Trinajstić information content (AvgIpc) is 2.57. The maximum Gasteiger partial charge on any atom is 0.190 e. The molecule has 1 aliphatic heterocycles. The van der Waals surface area contributed by atoms with E-state index in [0.717, 1.165) is 51.0 Å². The minimum absolute atomic E-state index is 0.813. The standard InChI is InChI=1S/C18H38N4O/c1-4-23-16-8-6-12-21-18(19-3)20-11-5-7-13-22-14-9-17(2)10-15-22/h17H,4-16H2,1-3H3,(H2,19,20,21). The minimum atomic E-state index is 0.813. The van der Waals surface area contributed by atoms with Crippen LogP contribution in [0.15, 0.2) is 4.99 Å². The molecule has 0 saturated carbocycles. The van der Waals surface area contributed by atoms with Gasteiger partial charge < -0.3 is 20.3 Å². The quantitative estimate of drug-likeness (QED) is 0.348. The molecule has 5 nitrogen and oxygen atoms in total. The van der Waals surface area contributed by atoms with Gasteiger partial charge in [-0.25, -0.2) is 0 Å². The summed E-state index contributed by atoms with van der Waals surface area (Å²) in [5.41, 5.74) is 0. The van der Waals surface area contributed by atoms with Crippen LogP contribution in [0.4, 0.5) is 0 Å². The first-order chi connectivity index (χ1) is 11.3. The van der Waals surface area contributed by atoms with Crippen molar-refractivity contribution in [3.05, 3.63) is 0 Å². The lowest BCUT2D eigenvalue weighted by molar-refractivity contribution is 0.143. The summed E-state index contributed by atoms with van der Waals surface area (Å²) < 4.78 is 5.34. The van der Waals surface area contributed by atoms with Crippen molar-refractivity contribution >= 4 is 5.96 Å². The molecular formula is C18H38N4O. The molecule has 0 radical (unpaired) electrons. The van der Waals surface area contributed by atoms with Gasteiger partial charge in [0, 0.05) is 33.4 Å². The zero-order valence-electron chi connectivity index (χ0n) is 15.6. The SMILES string of the molecule is CCOCCCCNC(=NC)NCCCCN1CCC(C)CC1. The molecule has 0 amide bonds. The van der Waals surface area contributed by atoms with E-state index < -0.39 is 0 Å². The lowest BCUT2D eigenvalue weighted by Crippen LogP contribution is -2.38. The fourth-order valence-corrected chi connectivity index (χ4v) is 2.85. The van der Waals surface area contributed by atoms with Crippen LogP contribution in [-0.4, -0.2) is 63.8 Å². The Balaban J connectivity index is 1.94. The second-order valence-corrected chi connectivity index (χ2v) is 6.56. The summed E-state index contributed by atoms with van der Waals surface area (Å²) >= 11 is 0. The zero-order chi connectivity index (χ0) is 16.8. The van der Waals surface area contributed by atoms with Gasteiger partial charge in [-0.3, -0.25) is 4.99 Å². The fourth-order valence-electron chi connectivity index (χ4n) is 2.85. The number of hydrogen-bond acceptors (Lipinski definition) is 3. The van der Waals surface area contributed by atoms with Gasteiger partial charge in [0.15, 0.2) is 5.96 Å². The van der Waals surface area contributed by atoms with Crippen LogP contribution in [0.3, 0.4) is 0 Å². The van der Waals surface area contributed by atoms with Crippen molar-refractivity contribution in [2.45, 2.75) is 52.4 Å². The van der Waals surface area contributed by atoms with E-state index in [0.29, 0.717) is 0 Å². The van der Waals surface area contributed by atoms with Gasteiger partial charge in [0.05, 0.1) is 0 Å². The van der Waals surface area contributed by atoms with Gasteiger partial charge in [0.2, 0.25) is 0 Å². The summed E-state index contributed by atoms with van der Waals surface area (Å²) in [6.45, 7) is 11.9. The first kappa shape index (κ1) is 20.2. The Hall–Kier alpha value is -0.810. The molecule has 0 aromatic heterocycles. The van der Waals surface area contributed by atoms with Crippen LogP contribution in [-0.2, 0) is 4.74 Å². The van der Waals surface area contributed by atoms with Gasteiger partial charge >= 0.3 is 0 Å². The summed E-state index contributed by atoms with van der Waals surface area (Å²) in [4.78, 5) is 6.89. The van der Waals surface area contributed by atoms with E-state index in [4.69, 9.17) is 4.74 Å². The summed E-state index contributed by atoms with van der Waals surface area (Å²) in [6.07, 6.45) is 7.44. The Morgan fingerprint density at radius 3 is 2.35 bits per heavy atom. The smallest absolute Gasteiger partial charge is 0.190 e. The average molecular weight is 327 g/mol. The Labute approximate surface area is 143 Å². The maximum atomic E-state index is 5.34. The van der Waals surface area contributed by atoms with E-state index in [1.807, 2.05) is 14.0 Å². The second-order valence-electron chi connectivity index (χ2n) is 6.56. The Morgan fingerprint density at radius 1 is 1.09 bits per heavy atom. The molecule has 23 heavy (non-hydrogen) atoms. The maximum absolute atomic E-state index is 5.34. The van der Waals surface area contributed by atoms with Gasteiger partial charge in [0.25, 0.3) is 0 Å². The molecule has 1 fully saturated rings. The van der Waals surface area contributed by atoms with E-state index in [-0.39, 0.29) is 0 Å². The molecule has 1 heterocycles. The van der Waals surface area contributed by atoms with Crippen LogP contribution in [0.25, 0.3) is 0 Å². The van der Waals surface area contributed by atoms with Crippen molar-refractivity contribution in [1.29, 1.82) is 0 Å². The summed E-state index contributed by atoms with van der Waals surface area (Å²) in [5.74, 6) is 1.85. The van der Waals surface area contributed by atoms with E-state index in [1.165, 1.54) is 45.3 Å². The van der Waals surface area contributed by atoms with E-state index >= 15 is 0 Å². The number of piperidine rings is 1. The molecular weight excluding hydrogens is 288 g/mol. The molecule has 1 saturated heterocycles. The van der Waals surface area contributed by atoms with Gasteiger partial charge in [-0.05, 0) is 71.0 Å². The Bertz CT molecular complexity index is 301. The number of rotatable bonds is 11. The van der Waals surface area contributed by atoms with Crippen LogP contribution < -0.4 is 10.6 Å². The van der Waals surface area contributed by atoms with Crippen LogP contribution in [0.1, 0.15) is 52.4 Å². The third-order valence-corrected chi connectivity index (χ3v) is 4.51. The third kappa shape index (κ3) is 10.6. The molecule has 5 heteroatoms. The van der Waals surface area contributed by atoms with E-state index in [9.17, 15) is 0 Å². The lowest BCUT2D eigenvalue weighted by Gasteiger charge is -2.30. The van der Waals surface area contributed by atoms with Gasteiger partial charge in [-0.15, -0.1) is 0 Å². The largest absolute Gasteiger partial charge is 0.382 e. The highest BCUT2D eigenvalue weighted by atomic mass is 16.5. The number of nitrogens with one attached hydrogen (secondary N) is 2. The van der Waals surface area contributed by atoms with E-state index in [1.54, 1.807) is 0 Å². The highest BCUT2D eigenvalue weighted by Crippen LogP contribution is 2.15. The van der Waals surface area contributed by atoms with Gasteiger partial charge in [-0.1, -0.05) is 6.92 Å². The highest BCUT2D eigenvalue weighted by molar-refractivity contribution is 5.79. The molecule has 0 aromatic rings. The van der Waals surface area contributed by atoms with Crippen LogP contribution >= 0.6 is 0 Å². The first-order valence-electron chi connectivity index (χ1n) is 9.50. The van der Waals surface area contributed by atoms with Gasteiger partial charge in [-0.2, -0.15) is 0 Å². The normalized spacial score (nSPS) is 17.4. The number of aliphatic imine (C=N–C) groups is 1. The van der Waals surface area contributed by atoms with Crippen LogP contribution in [0.2, 0.25) is 0 Å². The molecule has 0 spiro atoms.